The number of hydrogen-bond donors (Lipinski definition) is 2. The van der Waals surface area contributed by atoms with Gasteiger partial charge in [-0.25, -0.2) is 0 Å². The van der Waals surface area contributed by atoms with E-state index in [1.165, 1.54) is 6.92 Å². The SMILES string of the molecule is C[C@H](N)C(=O)C[C@@H](C)C(=O)O. The van der Waals surface area contributed by atoms with Crippen LogP contribution in [0.1, 0.15) is 20.3 Å². The van der Waals surface area contributed by atoms with Crippen LogP contribution in [0.5, 0.6) is 0 Å². The molecule has 2 atom stereocenters. The Balaban J connectivity index is 3.85. The number of nitrogens with two attached hydrogens (primary N) is 1. The molecule has 4 heteroatoms. The van der Waals surface area contributed by atoms with Crippen LogP contribution in [0.15, 0.2) is 0 Å². The van der Waals surface area contributed by atoms with Gasteiger partial charge in [0.2, 0.25) is 0 Å². The standard InChI is InChI=1S/C7H13NO3/c1-4(7(10)11)3-6(9)5(2)8/h4-5H,3,8H2,1-2H3,(H,10,11)/t4-,5+/m1/s1. The van der Waals surface area contributed by atoms with Crippen LogP contribution in [-0.2, 0) is 9.59 Å². The van der Waals surface area contributed by atoms with Gasteiger partial charge in [0.15, 0.2) is 0 Å². The van der Waals surface area contributed by atoms with Crippen LogP contribution >= 0.6 is 0 Å². The fraction of sp³-hybridized carbons (Fsp3) is 0.714. The maximum atomic E-state index is 10.9. The summed E-state index contributed by atoms with van der Waals surface area (Å²) in [5, 5.41) is 8.42. The molecule has 0 aliphatic heterocycles. The lowest BCUT2D eigenvalue weighted by Crippen LogP contribution is -2.29. The quantitative estimate of drug-likeness (QED) is 0.605. The zero-order valence-electron chi connectivity index (χ0n) is 6.70. The number of aliphatic carboxylic acids is 1. The zero-order chi connectivity index (χ0) is 9.02. The summed E-state index contributed by atoms with van der Waals surface area (Å²) in [4.78, 5) is 21.1. The summed E-state index contributed by atoms with van der Waals surface area (Å²) in [6, 6.07) is -0.559. The molecule has 0 amide bonds. The first kappa shape index (κ1) is 10.1. The average Bonchev–Trinajstić information content (AvgIpc) is 1.87. The molecule has 0 radical (unpaired) electrons. The molecule has 64 valence electrons. The maximum absolute atomic E-state index is 10.9. The van der Waals surface area contributed by atoms with E-state index in [9.17, 15) is 9.59 Å². The average molecular weight is 159 g/mol. The number of carbonyl (C=O) groups excluding carboxylic acids is 1. The molecule has 3 N–H and O–H groups in total. The van der Waals surface area contributed by atoms with Gasteiger partial charge in [-0.15, -0.1) is 0 Å². The molecule has 0 heterocycles. The summed E-state index contributed by atoms with van der Waals surface area (Å²) < 4.78 is 0. The Morgan fingerprint density at radius 3 is 2.18 bits per heavy atom. The van der Waals surface area contributed by atoms with Crippen molar-refractivity contribution in [2.24, 2.45) is 11.7 Å². The highest BCUT2D eigenvalue weighted by Gasteiger charge is 2.17. The highest BCUT2D eigenvalue weighted by Crippen LogP contribution is 2.03. The smallest absolute Gasteiger partial charge is 0.306 e. The second kappa shape index (κ2) is 4.08. The van der Waals surface area contributed by atoms with E-state index in [-0.39, 0.29) is 12.2 Å². The number of ketones is 1. The number of rotatable bonds is 4. The van der Waals surface area contributed by atoms with Gasteiger partial charge in [-0.3, -0.25) is 9.59 Å². The molecule has 0 aromatic rings. The second-order valence-corrected chi connectivity index (χ2v) is 2.70. The number of hydrogen-bond acceptors (Lipinski definition) is 3. The van der Waals surface area contributed by atoms with Gasteiger partial charge in [-0.2, -0.15) is 0 Å². The van der Waals surface area contributed by atoms with Gasteiger partial charge < -0.3 is 10.8 Å². The van der Waals surface area contributed by atoms with Crippen LogP contribution < -0.4 is 5.73 Å². The molecule has 4 nitrogen and oxygen atoms in total. The second-order valence-electron chi connectivity index (χ2n) is 2.70. The van der Waals surface area contributed by atoms with Crippen LogP contribution in [0.3, 0.4) is 0 Å². The Hall–Kier alpha value is -0.900. The Labute approximate surface area is 65.4 Å². The van der Waals surface area contributed by atoms with E-state index >= 15 is 0 Å². The van der Waals surface area contributed by atoms with Crippen LogP contribution in [0.4, 0.5) is 0 Å². The molecular weight excluding hydrogens is 146 g/mol. The van der Waals surface area contributed by atoms with E-state index in [0.29, 0.717) is 0 Å². The van der Waals surface area contributed by atoms with Crippen molar-refractivity contribution in [2.75, 3.05) is 0 Å². The predicted octanol–water partition coefficient (Wildman–Crippen LogP) is 0.0135. The van der Waals surface area contributed by atoms with Crippen molar-refractivity contribution in [3.63, 3.8) is 0 Å². The molecule has 0 aromatic heterocycles. The molecule has 0 aliphatic carbocycles. The number of Topliss-reactive ketones (excluding diaryl/α,β-unsaturated/α-hetero) is 1. The van der Waals surface area contributed by atoms with E-state index in [0.717, 1.165) is 0 Å². The molecule has 0 rings (SSSR count). The predicted molar refractivity (Wildman–Crippen MR) is 40.1 cm³/mol. The van der Waals surface area contributed by atoms with Crippen molar-refractivity contribution >= 4 is 11.8 Å². The molecular formula is C7H13NO3. The molecule has 0 bridgehead atoms. The van der Waals surface area contributed by atoms with E-state index < -0.39 is 17.9 Å². The lowest BCUT2D eigenvalue weighted by Gasteiger charge is -2.06. The number of carboxylic acids is 1. The fourth-order valence-corrected chi connectivity index (χ4v) is 0.575. The monoisotopic (exact) mass is 159 g/mol. The normalized spacial score (nSPS) is 15.5. The van der Waals surface area contributed by atoms with Crippen LogP contribution in [-0.4, -0.2) is 22.9 Å². The first-order valence-corrected chi connectivity index (χ1v) is 3.46. The van der Waals surface area contributed by atoms with Gasteiger partial charge in [0.1, 0.15) is 5.78 Å². The Kier molecular flexibility index (Phi) is 3.74. The van der Waals surface area contributed by atoms with Gasteiger partial charge in [0.25, 0.3) is 0 Å². The highest BCUT2D eigenvalue weighted by molar-refractivity contribution is 5.87. The minimum Gasteiger partial charge on any atom is -0.481 e. The van der Waals surface area contributed by atoms with Gasteiger partial charge in [0, 0.05) is 6.42 Å². The first-order chi connectivity index (χ1) is 4.95. The Morgan fingerprint density at radius 1 is 1.45 bits per heavy atom. The van der Waals surface area contributed by atoms with E-state index in [1.807, 2.05) is 0 Å². The third kappa shape index (κ3) is 3.72. The molecule has 0 saturated carbocycles. The van der Waals surface area contributed by atoms with Gasteiger partial charge in [0.05, 0.1) is 12.0 Å². The Bertz CT molecular complexity index is 165. The van der Waals surface area contributed by atoms with E-state index in [1.54, 1.807) is 6.92 Å². The summed E-state index contributed by atoms with van der Waals surface area (Å²) in [5.41, 5.74) is 5.24. The minimum atomic E-state index is -0.959. The number of carbonyl (C=O) groups is 2. The summed E-state index contributed by atoms with van der Waals surface area (Å²) in [7, 11) is 0. The summed E-state index contributed by atoms with van der Waals surface area (Å²) >= 11 is 0. The fourth-order valence-electron chi connectivity index (χ4n) is 0.575. The van der Waals surface area contributed by atoms with Gasteiger partial charge in [-0.1, -0.05) is 6.92 Å². The topological polar surface area (TPSA) is 80.4 Å². The zero-order valence-corrected chi connectivity index (χ0v) is 6.70. The van der Waals surface area contributed by atoms with Crippen LogP contribution in [0, 0.1) is 5.92 Å². The molecule has 0 aromatic carbocycles. The summed E-state index contributed by atoms with van der Waals surface area (Å²) in [6.45, 7) is 3.04. The third-order valence-corrected chi connectivity index (χ3v) is 1.44. The minimum absolute atomic E-state index is 0.0208. The molecule has 0 fully saturated rings. The van der Waals surface area contributed by atoms with E-state index in [4.69, 9.17) is 10.8 Å². The van der Waals surface area contributed by atoms with Crippen LogP contribution in [0.25, 0.3) is 0 Å². The van der Waals surface area contributed by atoms with Crippen LogP contribution in [0.2, 0.25) is 0 Å². The van der Waals surface area contributed by atoms with Crippen molar-refractivity contribution < 1.29 is 14.7 Å². The lowest BCUT2D eigenvalue weighted by atomic mass is 10.0. The molecule has 0 unspecified atom stereocenters. The molecule has 0 spiro atoms. The lowest BCUT2D eigenvalue weighted by molar-refractivity contribution is -0.143. The molecule has 0 saturated heterocycles. The van der Waals surface area contributed by atoms with Crippen molar-refractivity contribution in [3.05, 3.63) is 0 Å². The Morgan fingerprint density at radius 2 is 1.91 bits per heavy atom. The number of carboxylic acid groups (broad SMARTS) is 1. The molecule has 11 heavy (non-hydrogen) atoms. The first-order valence-electron chi connectivity index (χ1n) is 3.46. The van der Waals surface area contributed by atoms with Crippen molar-refractivity contribution in [3.8, 4) is 0 Å². The van der Waals surface area contributed by atoms with Crippen molar-refractivity contribution in [2.45, 2.75) is 26.3 Å². The highest BCUT2D eigenvalue weighted by atomic mass is 16.4. The molecule has 0 aliphatic rings. The van der Waals surface area contributed by atoms with Gasteiger partial charge >= 0.3 is 5.97 Å². The largest absolute Gasteiger partial charge is 0.481 e. The van der Waals surface area contributed by atoms with Gasteiger partial charge in [-0.05, 0) is 6.92 Å². The van der Waals surface area contributed by atoms with Crippen molar-refractivity contribution in [1.29, 1.82) is 0 Å². The summed E-state index contributed by atoms with van der Waals surface area (Å²) in [6.07, 6.45) is 0.0208. The van der Waals surface area contributed by atoms with E-state index in [2.05, 4.69) is 0 Å². The summed E-state index contributed by atoms with van der Waals surface area (Å²) in [5.74, 6) is -1.80. The van der Waals surface area contributed by atoms with Crippen molar-refractivity contribution in [1.82, 2.24) is 0 Å². The third-order valence-electron chi connectivity index (χ3n) is 1.44. The maximum Gasteiger partial charge on any atom is 0.306 e.